The molecule has 1 atom stereocenters. The summed E-state index contributed by atoms with van der Waals surface area (Å²) in [6.45, 7) is 1.14. The second-order valence-electron chi connectivity index (χ2n) is 3.91. The van der Waals surface area contributed by atoms with Gasteiger partial charge in [-0.2, -0.15) is 17.5 Å². The first-order valence-corrected chi connectivity index (χ1v) is 6.66. The van der Waals surface area contributed by atoms with Crippen LogP contribution in [0.5, 0.6) is 0 Å². The van der Waals surface area contributed by atoms with Gasteiger partial charge in [0, 0.05) is 13.2 Å². The number of aliphatic carboxylic acids is 1. The third-order valence-corrected chi connectivity index (χ3v) is 4.52. The highest BCUT2D eigenvalue weighted by Crippen LogP contribution is 2.28. The quantitative estimate of drug-likeness (QED) is 0.902. The molecule has 1 rings (SSSR count). The fraction of sp³-hybridized carbons (Fsp3) is 0.400. The second-order valence-corrected chi connectivity index (χ2v) is 5.91. The van der Waals surface area contributed by atoms with Gasteiger partial charge in [0.2, 0.25) is 10.0 Å². The minimum Gasteiger partial charge on any atom is -0.480 e. The monoisotopic (exact) mass is 312 g/mol. The summed E-state index contributed by atoms with van der Waals surface area (Å²) in [5.41, 5.74) is -1.23. The fourth-order valence-corrected chi connectivity index (χ4v) is 2.50. The van der Waals surface area contributed by atoms with Gasteiger partial charge in [-0.25, -0.2) is 8.42 Å². The zero-order valence-corrected chi connectivity index (χ0v) is 11.2. The Morgan fingerprint density at radius 2 is 1.95 bits per heavy atom. The first kappa shape index (κ1) is 16.4. The second kappa shape index (κ2) is 5.37. The van der Waals surface area contributed by atoms with E-state index in [0.29, 0.717) is 16.6 Å². The number of nitrogens with zero attached hydrogens (tertiary/aromatic N) is 2. The van der Waals surface area contributed by atoms with Crippen LogP contribution < -0.4 is 0 Å². The first-order valence-electron chi connectivity index (χ1n) is 5.22. The third kappa shape index (κ3) is 3.25. The molecular weight excluding hydrogens is 301 g/mol. The van der Waals surface area contributed by atoms with Crippen LogP contribution in [0, 0.1) is 0 Å². The number of sulfonamides is 1. The molecule has 10 heteroatoms. The van der Waals surface area contributed by atoms with Crippen molar-refractivity contribution < 1.29 is 31.5 Å². The van der Waals surface area contributed by atoms with Crippen molar-refractivity contribution >= 4 is 16.0 Å². The summed E-state index contributed by atoms with van der Waals surface area (Å²) in [4.78, 5) is 13.2. The van der Waals surface area contributed by atoms with Crippen LogP contribution in [0.2, 0.25) is 0 Å². The maximum Gasteiger partial charge on any atom is 0.433 e. The van der Waals surface area contributed by atoms with Gasteiger partial charge in [0.25, 0.3) is 0 Å². The van der Waals surface area contributed by atoms with Crippen molar-refractivity contribution in [2.24, 2.45) is 0 Å². The largest absolute Gasteiger partial charge is 0.480 e. The predicted octanol–water partition coefficient (Wildman–Crippen LogP) is 1.19. The summed E-state index contributed by atoms with van der Waals surface area (Å²) < 4.78 is 61.4. The molecule has 6 nitrogen and oxygen atoms in total. The van der Waals surface area contributed by atoms with Crippen LogP contribution in [-0.4, -0.2) is 41.9 Å². The van der Waals surface area contributed by atoms with E-state index in [1.807, 2.05) is 0 Å². The average Bonchev–Trinajstić information content (AvgIpc) is 2.35. The number of hydrogen-bond donors (Lipinski definition) is 1. The third-order valence-electron chi connectivity index (χ3n) is 2.61. The maximum absolute atomic E-state index is 12.3. The number of aromatic nitrogens is 1. The highest BCUT2D eigenvalue weighted by Gasteiger charge is 2.34. The van der Waals surface area contributed by atoms with Gasteiger partial charge in [0.05, 0.1) is 0 Å². The van der Waals surface area contributed by atoms with Crippen molar-refractivity contribution in [1.82, 2.24) is 9.29 Å². The van der Waals surface area contributed by atoms with E-state index in [2.05, 4.69) is 4.98 Å². The minimum atomic E-state index is -4.68. The number of carboxylic acid groups (broad SMARTS) is 1. The Bertz CT molecular complexity index is 598. The zero-order chi connectivity index (χ0) is 15.7. The molecule has 0 saturated carbocycles. The van der Waals surface area contributed by atoms with Crippen LogP contribution in [-0.2, 0) is 21.0 Å². The first-order chi connectivity index (χ1) is 8.98. The molecule has 1 N–H and O–H groups in total. The van der Waals surface area contributed by atoms with E-state index in [4.69, 9.17) is 5.11 Å². The van der Waals surface area contributed by atoms with E-state index >= 15 is 0 Å². The van der Waals surface area contributed by atoms with Gasteiger partial charge in [0.15, 0.2) is 0 Å². The molecule has 0 aliphatic heterocycles. The van der Waals surface area contributed by atoms with Gasteiger partial charge in [-0.15, -0.1) is 0 Å². The number of halogens is 3. The highest BCUT2D eigenvalue weighted by atomic mass is 32.2. The lowest BCUT2D eigenvalue weighted by Gasteiger charge is -2.20. The number of rotatable bonds is 4. The van der Waals surface area contributed by atoms with Gasteiger partial charge >= 0.3 is 12.1 Å². The summed E-state index contributed by atoms with van der Waals surface area (Å²) in [5.74, 6) is -1.38. The van der Waals surface area contributed by atoms with Crippen molar-refractivity contribution in [3.63, 3.8) is 0 Å². The van der Waals surface area contributed by atoms with E-state index in [9.17, 15) is 26.4 Å². The number of carboxylic acids is 1. The summed E-state index contributed by atoms with van der Waals surface area (Å²) in [6.07, 6.45) is -4.13. The molecule has 0 saturated heterocycles. The standard InChI is InChI=1S/C10H11F3N2O4S/c1-6(9(16)17)15(2)20(18,19)7-3-4-8(14-5-7)10(11,12)13/h3-6H,1-2H3,(H,16,17). The Morgan fingerprint density at radius 1 is 1.40 bits per heavy atom. The van der Waals surface area contributed by atoms with E-state index in [-0.39, 0.29) is 0 Å². The lowest BCUT2D eigenvalue weighted by molar-refractivity contribution is -0.141. The Labute approximate surface area is 112 Å². The molecule has 0 fully saturated rings. The Morgan fingerprint density at radius 3 is 2.30 bits per heavy atom. The number of carbonyl (C=O) groups is 1. The summed E-state index contributed by atoms with van der Waals surface area (Å²) in [5, 5.41) is 8.74. The molecule has 0 spiro atoms. The lowest BCUT2D eigenvalue weighted by Crippen LogP contribution is -2.40. The Kier molecular flexibility index (Phi) is 4.39. The van der Waals surface area contributed by atoms with E-state index in [1.165, 1.54) is 0 Å². The lowest BCUT2D eigenvalue weighted by atomic mass is 10.3. The summed E-state index contributed by atoms with van der Waals surface area (Å²) in [7, 11) is -3.20. The van der Waals surface area contributed by atoms with Crippen molar-refractivity contribution in [1.29, 1.82) is 0 Å². The van der Waals surface area contributed by atoms with Gasteiger partial charge in [0.1, 0.15) is 16.6 Å². The molecule has 0 amide bonds. The van der Waals surface area contributed by atoms with Gasteiger partial charge in [-0.1, -0.05) is 0 Å². The SMILES string of the molecule is CC(C(=O)O)N(C)S(=O)(=O)c1ccc(C(F)(F)F)nc1. The zero-order valence-electron chi connectivity index (χ0n) is 10.4. The minimum absolute atomic E-state index is 0.513. The van der Waals surface area contributed by atoms with E-state index < -0.39 is 38.8 Å². The molecule has 0 aromatic carbocycles. The van der Waals surface area contributed by atoms with Gasteiger partial charge in [-0.05, 0) is 19.1 Å². The molecule has 20 heavy (non-hydrogen) atoms. The molecular formula is C10H11F3N2O4S. The number of pyridine rings is 1. The number of hydrogen-bond acceptors (Lipinski definition) is 4. The summed E-state index contributed by atoms with van der Waals surface area (Å²) in [6, 6.07) is -0.107. The van der Waals surface area contributed by atoms with Crippen LogP contribution in [0.4, 0.5) is 13.2 Å². The molecule has 1 unspecified atom stereocenters. The molecule has 0 aliphatic rings. The average molecular weight is 312 g/mol. The molecule has 1 aromatic heterocycles. The van der Waals surface area contributed by atoms with E-state index in [0.717, 1.165) is 20.0 Å². The van der Waals surface area contributed by atoms with Crippen molar-refractivity contribution in [2.75, 3.05) is 7.05 Å². The topological polar surface area (TPSA) is 87.6 Å². The normalized spacial score (nSPS) is 14.3. The number of likely N-dealkylation sites (N-methyl/N-ethyl adjacent to an activating group) is 1. The Hall–Kier alpha value is -1.68. The van der Waals surface area contributed by atoms with E-state index in [1.54, 1.807) is 0 Å². The predicted molar refractivity (Wildman–Crippen MR) is 61.3 cm³/mol. The van der Waals surface area contributed by atoms with Crippen LogP contribution in [0.15, 0.2) is 23.2 Å². The fourth-order valence-electron chi connectivity index (χ4n) is 1.23. The molecule has 1 heterocycles. The Balaban J connectivity index is 3.14. The van der Waals surface area contributed by atoms with Crippen molar-refractivity contribution in [2.45, 2.75) is 24.0 Å². The summed E-state index contributed by atoms with van der Waals surface area (Å²) >= 11 is 0. The van der Waals surface area contributed by atoms with Crippen LogP contribution >= 0.6 is 0 Å². The molecule has 112 valence electrons. The van der Waals surface area contributed by atoms with Crippen LogP contribution in [0.3, 0.4) is 0 Å². The molecule has 1 aromatic rings. The van der Waals surface area contributed by atoms with Crippen molar-refractivity contribution in [3.05, 3.63) is 24.0 Å². The molecule has 0 radical (unpaired) electrons. The van der Waals surface area contributed by atoms with Crippen LogP contribution in [0.1, 0.15) is 12.6 Å². The van der Waals surface area contributed by atoms with Gasteiger partial charge in [-0.3, -0.25) is 9.78 Å². The number of alkyl halides is 3. The van der Waals surface area contributed by atoms with Gasteiger partial charge < -0.3 is 5.11 Å². The van der Waals surface area contributed by atoms with Crippen LogP contribution in [0.25, 0.3) is 0 Å². The molecule has 0 aliphatic carbocycles. The smallest absolute Gasteiger partial charge is 0.433 e. The van der Waals surface area contributed by atoms with Crippen molar-refractivity contribution in [3.8, 4) is 0 Å². The maximum atomic E-state index is 12.3. The highest BCUT2D eigenvalue weighted by molar-refractivity contribution is 7.89. The molecule has 0 bridgehead atoms.